The maximum Gasteiger partial charge on any atom is 0.113 e. The predicted molar refractivity (Wildman–Crippen MR) is 143 cm³/mol. The second kappa shape index (κ2) is 9.90. The molecule has 0 radical (unpaired) electrons. The maximum absolute atomic E-state index is 5.87. The van der Waals surface area contributed by atoms with E-state index in [4.69, 9.17) is 4.84 Å². The number of aromatic nitrogens is 3. The molecule has 0 fully saturated rings. The summed E-state index contributed by atoms with van der Waals surface area (Å²) in [6.45, 7) is 1.22. The van der Waals surface area contributed by atoms with Crippen molar-refractivity contribution in [1.82, 2.24) is 20.1 Å². The largest absolute Gasteiger partial charge is 0.356 e. The quantitative estimate of drug-likeness (QED) is 0.300. The van der Waals surface area contributed by atoms with Crippen LogP contribution in [0.1, 0.15) is 5.56 Å². The smallest absolute Gasteiger partial charge is 0.113 e. The molecular weight excluding hydrogens is 446 g/mol. The second-order valence-electron chi connectivity index (χ2n) is 8.59. The Kier molecular flexibility index (Phi) is 6.00. The minimum atomic E-state index is 0.545. The summed E-state index contributed by atoms with van der Waals surface area (Å²) in [5, 5.41) is 16.5. The SMILES string of the molecule is C1=CN(OCc2ccccc2)CC=C1Nc1cccc(-c2cn(-c3cccc4ccccc34)nn2)c1. The van der Waals surface area contributed by atoms with Gasteiger partial charge in [0.2, 0.25) is 0 Å². The van der Waals surface area contributed by atoms with Crippen LogP contribution in [-0.2, 0) is 11.4 Å². The summed E-state index contributed by atoms with van der Waals surface area (Å²) in [7, 11) is 0. The predicted octanol–water partition coefficient (Wildman–Crippen LogP) is 6.34. The summed E-state index contributed by atoms with van der Waals surface area (Å²) in [6, 6.07) is 32.9. The standard InChI is InChI=1S/C30H25N5O/c1-2-8-23(9-3-1)22-36-34-18-16-26(17-19-34)31-27-13-6-12-25(20-27)29-21-35(33-32-29)30-15-7-11-24-10-4-5-14-28(24)30/h1-18,20-21,31H,19,22H2. The first-order valence-electron chi connectivity index (χ1n) is 11.9. The normalized spacial score (nSPS) is 13.1. The first-order valence-corrected chi connectivity index (χ1v) is 11.9. The van der Waals surface area contributed by atoms with Gasteiger partial charge in [-0.15, -0.1) is 5.10 Å². The Labute approximate surface area is 209 Å². The lowest BCUT2D eigenvalue weighted by atomic mass is 10.1. The van der Waals surface area contributed by atoms with Crippen LogP contribution in [-0.4, -0.2) is 26.6 Å². The number of rotatable bonds is 7. The van der Waals surface area contributed by atoms with Crippen molar-refractivity contribution >= 4 is 16.5 Å². The monoisotopic (exact) mass is 471 g/mol. The van der Waals surface area contributed by atoms with Crippen LogP contribution in [0.3, 0.4) is 0 Å². The van der Waals surface area contributed by atoms with E-state index in [-0.39, 0.29) is 0 Å². The van der Waals surface area contributed by atoms with Gasteiger partial charge in [-0.05, 0) is 41.3 Å². The molecule has 0 saturated carbocycles. The highest BCUT2D eigenvalue weighted by molar-refractivity contribution is 5.90. The van der Waals surface area contributed by atoms with E-state index in [1.807, 2.05) is 82.8 Å². The van der Waals surface area contributed by atoms with E-state index < -0.39 is 0 Å². The number of benzene rings is 4. The van der Waals surface area contributed by atoms with E-state index in [9.17, 15) is 0 Å². The van der Waals surface area contributed by atoms with E-state index in [1.165, 1.54) is 5.39 Å². The average molecular weight is 472 g/mol. The number of hydroxylamine groups is 2. The molecule has 0 bridgehead atoms. The molecule has 0 saturated heterocycles. The number of anilines is 1. The molecule has 6 heteroatoms. The molecular formula is C30H25N5O. The Morgan fingerprint density at radius 3 is 2.58 bits per heavy atom. The van der Waals surface area contributed by atoms with Crippen LogP contribution in [0.5, 0.6) is 0 Å². The van der Waals surface area contributed by atoms with Gasteiger partial charge in [0.15, 0.2) is 0 Å². The summed E-state index contributed by atoms with van der Waals surface area (Å²) >= 11 is 0. The van der Waals surface area contributed by atoms with Crippen molar-refractivity contribution in [3.63, 3.8) is 0 Å². The third-order valence-corrected chi connectivity index (χ3v) is 6.11. The third-order valence-electron chi connectivity index (χ3n) is 6.11. The summed E-state index contributed by atoms with van der Waals surface area (Å²) in [6.07, 6.45) is 8.04. The van der Waals surface area contributed by atoms with Crippen LogP contribution < -0.4 is 5.32 Å². The molecule has 0 atom stereocenters. The zero-order valence-corrected chi connectivity index (χ0v) is 19.7. The lowest BCUT2D eigenvalue weighted by Gasteiger charge is -2.22. The first kappa shape index (κ1) is 21.8. The molecule has 0 spiro atoms. The number of hydrogen-bond acceptors (Lipinski definition) is 5. The molecule has 2 heterocycles. The van der Waals surface area contributed by atoms with Gasteiger partial charge < -0.3 is 5.32 Å². The van der Waals surface area contributed by atoms with Crippen LogP contribution in [0.4, 0.5) is 5.69 Å². The molecule has 4 aromatic carbocycles. The summed E-state index contributed by atoms with van der Waals surface area (Å²) in [5.41, 5.74) is 5.98. The van der Waals surface area contributed by atoms with Crippen LogP contribution >= 0.6 is 0 Å². The molecule has 1 aliphatic heterocycles. The summed E-state index contributed by atoms with van der Waals surface area (Å²) in [4.78, 5) is 5.87. The van der Waals surface area contributed by atoms with E-state index >= 15 is 0 Å². The Morgan fingerprint density at radius 2 is 1.69 bits per heavy atom. The fraction of sp³-hybridized carbons (Fsp3) is 0.0667. The minimum Gasteiger partial charge on any atom is -0.356 e. The molecule has 0 amide bonds. The fourth-order valence-electron chi connectivity index (χ4n) is 4.25. The highest BCUT2D eigenvalue weighted by Gasteiger charge is 2.10. The van der Waals surface area contributed by atoms with E-state index in [2.05, 4.69) is 64.2 Å². The van der Waals surface area contributed by atoms with Gasteiger partial charge in [-0.1, -0.05) is 84.1 Å². The number of nitrogens with one attached hydrogen (secondary N) is 1. The molecule has 6 nitrogen and oxygen atoms in total. The molecule has 1 aromatic heterocycles. The summed E-state index contributed by atoms with van der Waals surface area (Å²) in [5.74, 6) is 0. The molecule has 176 valence electrons. The van der Waals surface area contributed by atoms with Gasteiger partial charge in [-0.3, -0.25) is 9.90 Å². The van der Waals surface area contributed by atoms with Crippen molar-refractivity contribution in [2.45, 2.75) is 6.61 Å². The number of allylic oxidation sites excluding steroid dienone is 1. The van der Waals surface area contributed by atoms with Crippen molar-refractivity contribution in [3.8, 4) is 16.9 Å². The van der Waals surface area contributed by atoms with Crippen LogP contribution in [0.15, 0.2) is 127 Å². The molecule has 1 aliphatic rings. The number of hydrogen-bond donors (Lipinski definition) is 1. The van der Waals surface area contributed by atoms with Gasteiger partial charge in [0.05, 0.1) is 25.0 Å². The van der Waals surface area contributed by atoms with Crippen molar-refractivity contribution < 1.29 is 4.84 Å². The van der Waals surface area contributed by atoms with Crippen LogP contribution in [0, 0.1) is 0 Å². The van der Waals surface area contributed by atoms with Gasteiger partial charge >= 0.3 is 0 Å². The van der Waals surface area contributed by atoms with Gasteiger partial charge in [0.1, 0.15) is 5.69 Å². The Morgan fingerprint density at radius 1 is 0.861 bits per heavy atom. The van der Waals surface area contributed by atoms with Gasteiger partial charge in [-0.25, -0.2) is 4.68 Å². The van der Waals surface area contributed by atoms with Gasteiger partial charge in [-0.2, -0.15) is 0 Å². The molecule has 36 heavy (non-hydrogen) atoms. The number of nitrogens with zero attached hydrogens (tertiary/aromatic N) is 4. The Balaban J connectivity index is 1.13. The fourth-order valence-corrected chi connectivity index (χ4v) is 4.25. The van der Waals surface area contributed by atoms with Crippen molar-refractivity contribution in [2.75, 3.05) is 11.9 Å². The molecule has 0 aliphatic carbocycles. The van der Waals surface area contributed by atoms with Gasteiger partial charge in [0, 0.05) is 28.5 Å². The zero-order chi connectivity index (χ0) is 24.2. The second-order valence-corrected chi connectivity index (χ2v) is 8.59. The highest BCUT2D eigenvalue weighted by Crippen LogP contribution is 2.25. The topological polar surface area (TPSA) is 55.2 Å². The van der Waals surface area contributed by atoms with E-state index in [0.29, 0.717) is 13.2 Å². The van der Waals surface area contributed by atoms with Crippen molar-refractivity contribution in [3.05, 3.63) is 133 Å². The molecule has 6 rings (SSSR count). The maximum atomic E-state index is 5.87. The lowest BCUT2D eigenvalue weighted by molar-refractivity contribution is -0.124. The van der Waals surface area contributed by atoms with Crippen LogP contribution in [0.2, 0.25) is 0 Å². The Hall–Kier alpha value is -4.68. The minimum absolute atomic E-state index is 0.545. The van der Waals surface area contributed by atoms with E-state index in [0.717, 1.165) is 39.3 Å². The highest BCUT2D eigenvalue weighted by atomic mass is 16.7. The molecule has 5 aromatic rings. The summed E-state index contributed by atoms with van der Waals surface area (Å²) < 4.78 is 1.84. The van der Waals surface area contributed by atoms with E-state index in [1.54, 1.807) is 0 Å². The first-order chi connectivity index (χ1) is 17.8. The zero-order valence-electron chi connectivity index (χ0n) is 19.7. The van der Waals surface area contributed by atoms with Crippen LogP contribution in [0.25, 0.3) is 27.7 Å². The number of fused-ring (bicyclic) bond motifs is 1. The van der Waals surface area contributed by atoms with Gasteiger partial charge in [0.25, 0.3) is 0 Å². The van der Waals surface area contributed by atoms with Crippen molar-refractivity contribution in [1.29, 1.82) is 0 Å². The van der Waals surface area contributed by atoms with Crippen molar-refractivity contribution in [2.24, 2.45) is 0 Å². The Bertz CT molecular complexity index is 1550. The lowest BCUT2D eigenvalue weighted by Crippen LogP contribution is -2.21. The molecule has 1 N–H and O–H groups in total. The average Bonchev–Trinajstić information content (AvgIpc) is 3.43. The third kappa shape index (κ3) is 4.76. The molecule has 0 unspecified atom stereocenters.